The molecule has 1 aromatic heterocycles. The van der Waals surface area contributed by atoms with Gasteiger partial charge in [0.2, 0.25) is 0 Å². The Kier molecular flexibility index (Phi) is 2.84. The van der Waals surface area contributed by atoms with Crippen molar-refractivity contribution >= 4 is 11.1 Å². The summed E-state index contributed by atoms with van der Waals surface area (Å²) in [6.07, 6.45) is 0.680. The standard InChI is InChI=1S/C10H12N2O3/c11-14-7-3-6-12-8-4-1-2-5-9(8)15-10(12)13/h1-2,4-5H,3,6-7,11H2. The van der Waals surface area contributed by atoms with Crippen LogP contribution >= 0.6 is 0 Å². The second kappa shape index (κ2) is 4.29. The van der Waals surface area contributed by atoms with Gasteiger partial charge in [0.05, 0.1) is 12.1 Å². The van der Waals surface area contributed by atoms with Crippen LogP contribution in [0, 0.1) is 0 Å². The third kappa shape index (κ3) is 1.93. The Morgan fingerprint density at radius 1 is 1.40 bits per heavy atom. The zero-order valence-corrected chi connectivity index (χ0v) is 8.18. The molecule has 0 spiro atoms. The van der Waals surface area contributed by atoms with Crippen LogP contribution in [0.3, 0.4) is 0 Å². The Morgan fingerprint density at radius 2 is 2.20 bits per heavy atom. The van der Waals surface area contributed by atoms with Gasteiger partial charge in [0.25, 0.3) is 0 Å². The largest absolute Gasteiger partial charge is 0.419 e. The molecule has 0 bridgehead atoms. The Balaban J connectivity index is 2.33. The minimum Gasteiger partial charge on any atom is -0.408 e. The second-order valence-electron chi connectivity index (χ2n) is 3.21. The van der Waals surface area contributed by atoms with E-state index in [0.717, 1.165) is 5.52 Å². The van der Waals surface area contributed by atoms with Gasteiger partial charge in [0, 0.05) is 6.54 Å². The number of hydrogen-bond acceptors (Lipinski definition) is 4. The number of nitrogens with zero attached hydrogens (tertiary/aromatic N) is 1. The maximum absolute atomic E-state index is 11.5. The fourth-order valence-corrected chi connectivity index (χ4v) is 1.53. The highest BCUT2D eigenvalue weighted by Crippen LogP contribution is 2.11. The number of para-hydroxylation sites is 2. The van der Waals surface area contributed by atoms with Gasteiger partial charge in [-0.15, -0.1) is 0 Å². The summed E-state index contributed by atoms with van der Waals surface area (Å²) in [6, 6.07) is 7.32. The van der Waals surface area contributed by atoms with Crippen LogP contribution in [0.15, 0.2) is 33.5 Å². The molecule has 0 atom stereocenters. The van der Waals surface area contributed by atoms with Crippen LogP contribution in [0.5, 0.6) is 0 Å². The van der Waals surface area contributed by atoms with E-state index in [-0.39, 0.29) is 5.76 Å². The molecule has 5 nitrogen and oxygen atoms in total. The van der Waals surface area contributed by atoms with Crippen LogP contribution in [-0.4, -0.2) is 11.2 Å². The van der Waals surface area contributed by atoms with E-state index in [0.29, 0.717) is 25.2 Å². The molecule has 2 aromatic rings. The van der Waals surface area contributed by atoms with Crippen molar-refractivity contribution in [3.63, 3.8) is 0 Å². The predicted octanol–water partition coefficient (Wildman–Crippen LogP) is 0.875. The minimum absolute atomic E-state index is 0.340. The number of hydrogen-bond donors (Lipinski definition) is 1. The molecular formula is C10H12N2O3. The molecule has 1 aromatic carbocycles. The quantitative estimate of drug-likeness (QED) is 0.598. The molecule has 0 unspecified atom stereocenters. The molecule has 0 amide bonds. The van der Waals surface area contributed by atoms with Crippen LogP contribution in [0.2, 0.25) is 0 Å². The van der Waals surface area contributed by atoms with E-state index in [9.17, 15) is 4.79 Å². The van der Waals surface area contributed by atoms with Crippen molar-refractivity contribution in [3.05, 3.63) is 34.8 Å². The molecule has 15 heavy (non-hydrogen) atoms. The van der Waals surface area contributed by atoms with Gasteiger partial charge >= 0.3 is 5.76 Å². The van der Waals surface area contributed by atoms with Gasteiger partial charge in [-0.05, 0) is 18.6 Å². The van der Waals surface area contributed by atoms with Crippen molar-refractivity contribution in [1.29, 1.82) is 0 Å². The third-order valence-corrected chi connectivity index (χ3v) is 2.22. The number of aromatic nitrogens is 1. The summed E-state index contributed by atoms with van der Waals surface area (Å²) in [6.45, 7) is 0.971. The van der Waals surface area contributed by atoms with Crippen molar-refractivity contribution < 1.29 is 9.25 Å². The normalized spacial score (nSPS) is 11.0. The molecule has 2 rings (SSSR count). The van der Waals surface area contributed by atoms with E-state index in [2.05, 4.69) is 4.84 Å². The molecule has 0 aliphatic carbocycles. The molecule has 2 N–H and O–H groups in total. The lowest BCUT2D eigenvalue weighted by molar-refractivity contribution is 0.132. The van der Waals surface area contributed by atoms with E-state index in [1.54, 1.807) is 10.6 Å². The van der Waals surface area contributed by atoms with Gasteiger partial charge in [0.15, 0.2) is 5.58 Å². The maximum Gasteiger partial charge on any atom is 0.419 e. The fourth-order valence-electron chi connectivity index (χ4n) is 1.53. The summed E-state index contributed by atoms with van der Waals surface area (Å²) in [5.74, 6) is 4.57. The first-order chi connectivity index (χ1) is 7.33. The van der Waals surface area contributed by atoms with Gasteiger partial charge < -0.3 is 9.25 Å². The van der Waals surface area contributed by atoms with Gasteiger partial charge in [-0.25, -0.2) is 10.7 Å². The first-order valence-corrected chi connectivity index (χ1v) is 4.73. The lowest BCUT2D eigenvalue weighted by atomic mass is 10.3. The monoisotopic (exact) mass is 208 g/mol. The van der Waals surface area contributed by atoms with E-state index in [1.165, 1.54) is 0 Å². The molecule has 80 valence electrons. The topological polar surface area (TPSA) is 70.4 Å². The summed E-state index contributed by atoms with van der Waals surface area (Å²) in [7, 11) is 0. The van der Waals surface area contributed by atoms with Gasteiger partial charge in [-0.3, -0.25) is 4.57 Å². The SMILES string of the molecule is NOCCCn1c(=O)oc2ccccc21. The lowest BCUT2D eigenvalue weighted by Crippen LogP contribution is -2.15. The molecule has 0 saturated carbocycles. The highest BCUT2D eigenvalue weighted by atomic mass is 16.6. The van der Waals surface area contributed by atoms with Gasteiger partial charge in [-0.2, -0.15) is 0 Å². The smallest absolute Gasteiger partial charge is 0.408 e. The molecule has 0 radical (unpaired) electrons. The Labute approximate surface area is 86.0 Å². The Morgan fingerprint density at radius 3 is 3.00 bits per heavy atom. The van der Waals surface area contributed by atoms with Gasteiger partial charge in [0.1, 0.15) is 0 Å². The van der Waals surface area contributed by atoms with E-state index < -0.39 is 0 Å². The third-order valence-electron chi connectivity index (χ3n) is 2.22. The molecule has 0 saturated heterocycles. The van der Waals surface area contributed by atoms with Crippen LogP contribution in [0.1, 0.15) is 6.42 Å². The van der Waals surface area contributed by atoms with Gasteiger partial charge in [-0.1, -0.05) is 12.1 Å². The van der Waals surface area contributed by atoms with Crippen LogP contribution in [0.25, 0.3) is 11.1 Å². The number of nitrogens with two attached hydrogens (primary N) is 1. The van der Waals surface area contributed by atoms with E-state index in [4.69, 9.17) is 10.3 Å². The fraction of sp³-hybridized carbons (Fsp3) is 0.300. The molecule has 5 heteroatoms. The average Bonchev–Trinajstić information content (AvgIpc) is 2.56. The lowest BCUT2D eigenvalue weighted by Gasteiger charge is -2.00. The molecule has 0 aliphatic heterocycles. The van der Waals surface area contributed by atoms with Crippen molar-refractivity contribution in [2.75, 3.05) is 6.61 Å². The number of fused-ring (bicyclic) bond motifs is 1. The Hall–Kier alpha value is -1.59. The first-order valence-electron chi connectivity index (χ1n) is 4.73. The van der Waals surface area contributed by atoms with Crippen molar-refractivity contribution in [2.24, 2.45) is 5.90 Å². The highest BCUT2D eigenvalue weighted by molar-refractivity contribution is 5.72. The van der Waals surface area contributed by atoms with Crippen LogP contribution in [-0.2, 0) is 11.4 Å². The molecule has 0 fully saturated rings. The highest BCUT2D eigenvalue weighted by Gasteiger charge is 2.07. The summed E-state index contributed by atoms with van der Waals surface area (Å²) in [4.78, 5) is 15.9. The number of benzene rings is 1. The first kappa shape index (κ1) is 9.95. The van der Waals surface area contributed by atoms with Crippen LogP contribution < -0.4 is 11.7 Å². The summed E-state index contributed by atoms with van der Waals surface area (Å²) in [5.41, 5.74) is 1.41. The van der Waals surface area contributed by atoms with Crippen molar-refractivity contribution in [1.82, 2.24) is 4.57 Å². The van der Waals surface area contributed by atoms with Crippen molar-refractivity contribution in [3.8, 4) is 0 Å². The summed E-state index contributed by atoms with van der Waals surface area (Å²) in [5, 5.41) is 0. The minimum atomic E-state index is -0.340. The summed E-state index contributed by atoms with van der Waals surface area (Å²) < 4.78 is 6.64. The zero-order chi connectivity index (χ0) is 10.7. The zero-order valence-electron chi connectivity index (χ0n) is 8.18. The number of oxazole rings is 1. The molecule has 0 aliphatic rings. The average molecular weight is 208 g/mol. The maximum atomic E-state index is 11.5. The molecular weight excluding hydrogens is 196 g/mol. The summed E-state index contributed by atoms with van der Waals surface area (Å²) >= 11 is 0. The Bertz CT molecular complexity index is 501. The molecule has 1 heterocycles. The van der Waals surface area contributed by atoms with Crippen LogP contribution in [0.4, 0.5) is 0 Å². The number of aryl methyl sites for hydroxylation is 1. The second-order valence-corrected chi connectivity index (χ2v) is 3.21. The predicted molar refractivity (Wildman–Crippen MR) is 55.2 cm³/mol. The van der Waals surface area contributed by atoms with Crippen molar-refractivity contribution in [2.45, 2.75) is 13.0 Å². The van der Waals surface area contributed by atoms with E-state index >= 15 is 0 Å². The number of rotatable bonds is 4. The van der Waals surface area contributed by atoms with E-state index in [1.807, 2.05) is 18.2 Å².